The molecule has 82 valence electrons. The Labute approximate surface area is 87.2 Å². The van der Waals surface area contributed by atoms with Gasteiger partial charge in [0.25, 0.3) is 0 Å². The number of hydrogen-bond donors (Lipinski definition) is 2. The van der Waals surface area contributed by atoms with Crippen LogP contribution in [-0.2, 0) is 0 Å². The van der Waals surface area contributed by atoms with Gasteiger partial charge in [0.2, 0.25) is 0 Å². The molecule has 14 heavy (non-hydrogen) atoms. The van der Waals surface area contributed by atoms with Crippen LogP contribution in [0.2, 0.25) is 0 Å². The van der Waals surface area contributed by atoms with Crippen LogP contribution in [0.25, 0.3) is 0 Å². The summed E-state index contributed by atoms with van der Waals surface area (Å²) < 4.78 is 0. The Morgan fingerprint density at radius 3 is 2.57 bits per heavy atom. The van der Waals surface area contributed by atoms with Crippen LogP contribution in [0.3, 0.4) is 0 Å². The average Bonchev–Trinajstić information content (AvgIpc) is 2.50. The van der Waals surface area contributed by atoms with Crippen molar-refractivity contribution >= 4 is 5.84 Å². The van der Waals surface area contributed by atoms with E-state index in [9.17, 15) is 0 Å². The number of rotatable bonds is 4. The standard InChI is InChI=1S/C11H23N3/c1-8(2)10-4-5-14(7-10)9(3)6-11(12)13/h8-10H,4-7H2,1-3H3,(H3,12,13). The van der Waals surface area contributed by atoms with E-state index in [2.05, 4.69) is 25.7 Å². The third-order valence-electron chi connectivity index (χ3n) is 3.34. The largest absolute Gasteiger partial charge is 0.388 e. The molecule has 2 unspecified atom stereocenters. The Bertz CT molecular complexity index is 201. The summed E-state index contributed by atoms with van der Waals surface area (Å²) in [6, 6.07) is 0.441. The van der Waals surface area contributed by atoms with Crippen molar-refractivity contribution in [1.82, 2.24) is 4.90 Å². The molecule has 0 aliphatic carbocycles. The molecule has 1 heterocycles. The van der Waals surface area contributed by atoms with Gasteiger partial charge >= 0.3 is 0 Å². The fourth-order valence-electron chi connectivity index (χ4n) is 2.21. The topological polar surface area (TPSA) is 53.1 Å². The lowest BCUT2D eigenvalue weighted by Crippen LogP contribution is -2.34. The fourth-order valence-corrected chi connectivity index (χ4v) is 2.21. The molecule has 0 saturated carbocycles. The maximum absolute atomic E-state index is 7.27. The number of nitrogens with zero attached hydrogens (tertiary/aromatic N) is 1. The van der Waals surface area contributed by atoms with Gasteiger partial charge in [-0.25, -0.2) is 0 Å². The summed E-state index contributed by atoms with van der Waals surface area (Å²) in [4.78, 5) is 2.46. The van der Waals surface area contributed by atoms with Gasteiger partial charge in [0.05, 0.1) is 5.84 Å². The second-order valence-electron chi connectivity index (χ2n) is 4.87. The SMILES string of the molecule is CC(C)C1CCN(C(C)CC(=N)N)C1. The highest BCUT2D eigenvalue weighted by Gasteiger charge is 2.27. The van der Waals surface area contributed by atoms with Crippen LogP contribution in [0.15, 0.2) is 0 Å². The highest BCUT2D eigenvalue weighted by atomic mass is 15.2. The maximum Gasteiger partial charge on any atom is 0.0920 e. The molecule has 3 nitrogen and oxygen atoms in total. The van der Waals surface area contributed by atoms with Gasteiger partial charge in [0, 0.05) is 19.0 Å². The summed E-state index contributed by atoms with van der Waals surface area (Å²) in [6.07, 6.45) is 2.02. The van der Waals surface area contributed by atoms with E-state index in [0.717, 1.165) is 11.8 Å². The molecule has 1 rings (SSSR count). The average molecular weight is 197 g/mol. The molecule has 0 bridgehead atoms. The zero-order chi connectivity index (χ0) is 10.7. The molecule has 1 aliphatic rings. The molecule has 0 aromatic carbocycles. The summed E-state index contributed by atoms with van der Waals surface area (Å²) in [5.74, 6) is 1.93. The van der Waals surface area contributed by atoms with E-state index in [1.165, 1.54) is 19.5 Å². The van der Waals surface area contributed by atoms with Gasteiger partial charge in [0.15, 0.2) is 0 Å². The molecule has 0 radical (unpaired) electrons. The van der Waals surface area contributed by atoms with E-state index in [1.807, 2.05) is 0 Å². The number of nitrogens with one attached hydrogen (secondary N) is 1. The van der Waals surface area contributed by atoms with Crippen molar-refractivity contribution in [2.24, 2.45) is 17.6 Å². The summed E-state index contributed by atoms with van der Waals surface area (Å²) >= 11 is 0. The van der Waals surface area contributed by atoms with Crippen molar-refractivity contribution in [3.63, 3.8) is 0 Å². The molecule has 3 N–H and O–H groups in total. The molecule has 0 amide bonds. The second kappa shape index (κ2) is 4.78. The first-order chi connectivity index (χ1) is 6.50. The molecular weight excluding hydrogens is 174 g/mol. The minimum Gasteiger partial charge on any atom is -0.388 e. The van der Waals surface area contributed by atoms with E-state index in [0.29, 0.717) is 18.3 Å². The lowest BCUT2D eigenvalue weighted by Gasteiger charge is -2.24. The molecule has 1 saturated heterocycles. The second-order valence-corrected chi connectivity index (χ2v) is 4.87. The molecule has 0 aromatic heterocycles. The first kappa shape index (κ1) is 11.5. The first-order valence-corrected chi connectivity index (χ1v) is 5.57. The summed E-state index contributed by atoms with van der Waals surface area (Å²) in [6.45, 7) is 9.13. The van der Waals surface area contributed by atoms with E-state index in [1.54, 1.807) is 0 Å². The predicted molar refractivity (Wildman–Crippen MR) is 60.5 cm³/mol. The van der Waals surface area contributed by atoms with E-state index < -0.39 is 0 Å². The van der Waals surface area contributed by atoms with Gasteiger partial charge in [0.1, 0.15) is 0 Å². The van der Waals surface area contributed by atoms with E-state index >= 15 is 0 Å². The maximum atomic E-state index is 7.27. The summed E-state index contributed by atoms with van der Waals surface area (Å²) in [5.41, 5.74) is 5.41. The van der Waals surface area contributed by atoms with Crippen LogP contribution in [-0.4, -0.2) is 29.9 Å². The first-order valence-electron chi connectivity index (χ1n) is 5.57. The smallest absolute Gasteiger partial charge is 0.0920 e. The number of likely N-dealkylation sites (tertiary alicyclic amines) is 1. The normalized spacial score (nSPS) is 25.6. The van der Waals surface area contributed by atoms with Crippen molar-refractivity contribution < 1.29 is 0 Å². The van der Waals surface area contributed by atoms with Crippen LogP contribution in [0, 0.1) is 17.2 Å². The van der Waals surface area contributed by atoms with Crippen molar-refractivity contribution in [1.29, 1.82) is 5.41 Å². The predicted octanol–water partition coefficient (Wildman–Crippen LogP) is 1.68. The number of hydrogen-bond acceptors (Lipinski definition) is 2. The van der Waals surface area contributed by atoms with Gasteiger partial charge in [-0.1, -0.05) is 13.8 Å². The van der Waals surface area contributed by atoms with Gasteiger partial charge in [-0.15, -0.1) is 0 Å². The molecule has 2 atom stereocenters. The van der Waals surface area contributed by atoms with Gasteiger partial charge < -0.3 is 5.73 Å². The molecule has 0 aromatic rings. The zero-order valence-corrected chi connectivity index (χ0v) is 9.59. The Hall–Kier alpha value is -0.570. The zero-order valence-electron chi connectivity index (χ0n) is 9.59. The minimum atomic E-state index is 0.311. The van der Waals surface area contributed by atoms with Crippen LogP contribution in [0.5, 0.6) is 0 Å². The van der Waals surface area contributed by atoms with Gasteiger partial charge in [-0.3, -0.25) is 10.3 Å². The third-order valence-corrected chi connectivity index (χ3v) is 3.34. The Morgan fingerprint density at radius 1 is 1.50 bits per heavy atom. The van der Waals surface area contributed by atoms with Crippen molar-refractivity contribution in [3.05, 3.63) is 0 Å². The number of amidine groups is 1. The van der Waals surface area contributed by atoms with E-state index in [4.69, 9.17) is 11.1 Å². The number of nitrogens with two attached hydrogens (primary N) is 1. The van der Waals surface area contributed by atoms with Gasteiger partial charge in [-0.05, 0) is 31.7 Å². The van der Waals surface area contributed by atoms with Gasteiger partial charge in [-0.2, -0.15) is 0 Å². The van der Waals surface area contributed by atoms with Crippen LogP contribution >= 0.6 is 0 Å². The minimum absolute atomic E-state index is 0.311. The van der Waals surface area contributed by atoms with Crippen LogP contribution in [0.1, 0.15) is 33.6 Å². The van der Waals surface area contributed by atoms with E-state index in [-0.39, 0.29) is 0 Å². The Kier molecular flexibility index (Phi) is 3.93. The molecular formula is C11H23N3. The Balaban J connectivity index is 2.37. The van der Waals surface area contributed by atoms with Crippen LogP contribution in [0.4, 0.5) is 0 Å². The molecule has 1 aliphatic heterocycles. The molecule has 1 fully saturated rings. The fraction of sp³-hybridized carbons (Fsp3) is 0.909. The van der Waals surface area contributed by atoms with Crippen LogP contribution < -0.4 is 5.73 Å². The lowest BCUT2D eigenvalue weighted by molar-refractivity contribution is 0.243. The Morgan fingerprint density at radius 2 is 2.14 bits per heavy atom. The highest BCUT2D eigenvalue weighted by molar-refractivity contribution is 5.77. The van der Waals surface area contributed by atoms with Crippen molar-refractivity contribution in [3.8, 4) is 0 Å². The monoisotopic (exact) mass is 197 g/mol. The quantitative estimate of drug-likeness (QED) is 0.532. The molecule has 0 spiro atoms. The lowest BCUT2D eigenvalue weighted by atomic mass is 9.95. The summed E-state index contributed by atoms with van der Waals surface area (Å²) in [7, 11) is 0. The summed E-state index contributed by atoms with van der Waals surface area (Å²) in [5, 5.41) is 7.27. The third kappa shape index (κ3) is 2.98. The molecule has 3 heteroatoms. The highest BCUT2D eigenvalue weighted by Crippen LogP contribution is 2.25. The van der Waals surface area contributed by atoms with Crippen molar-refractivity contribution in [2.75, 3.05) is 13.1 Å². The van der Waals surface area contributed by atoms with Crippen molar-refractivity contribution in [2.45, 2.75) is 39.7 Å².